The van der Waals surface area contributed by atoms with Crippen LogP contribution in [0.25, 0.3) is 0 Å². The topological polar surface area (TPSA) is 88.4 Å². The molecule has 0 aliphatic carbocycles. The third-order valence-corrected chi connectivity index (χ3v) is 5.41. The zero-order valence-corrected chi connectivity index (χ0v) is 16.3. The molecule has 0 atom stereocenters. The number of ether oxygens (including phenoxy) is 1. The normalized spacial score (nSPS) is 17.7. The van der Waals surface area contributed by atoms with Crippen molar-refractivity contribution in [2.75, 3.05) is 38.6 Å². The largest absolute Gasteiger partial charge is 0.481 e. The van der Waals surface area contributed by atoms with E-state index in [-0.39, 0.29) is 6.03 Å². The molecule has 28 heavy (non-hydrogen) atoms. The van der Waals surface area contributed by atoms with Gasteiger partial charge in [0.1, 0.15) is 11.6 Å². The minimum absolute atomic E-state index is 0.0945. The smallest absolute Gasteiger partial charge is 0.321 e. The summed E-state index contributed by atoms with van der Waals surface area (Å²) in [6, 6.07) is 3.43. The molecule has 0 aromatic carbocycles. The minimum atomic E-state index is -0.0945. The Balaban J connectivity index is 1.28. The highest BCUT2D eigenvalue weighted by Gasteiger charge is 2.23. The van der Waals surface area contributed by atoms with Crippen LogP contribution >= 0.6 is 0 Å². The van der Waals surface area contributed by atoms with Crippen LogP contribution in [0.4, 0.5) is 10.5 Å². The number of fused-ring (bicyclic) bond motifs is 1. The van der Waals surface area contributed by atoms with E-state index in [0.717, 1.165) is 44.2 Å². The Morgan fingerprint density at radius 1 is 1.11 bits per heavy atom. The van der Waals surface area contributed by atoms with Gasteiger partial charge >= 0.3 is 6.03 Å². The minimum Gasteiger partial charge on any atom is -0.481 e. The molecule has 1 N–H and O–H groups in total. The number of urea groups is 1. The van der Waals surface area contributed by atoms with Crippen LogP contribution in [-0.4, -0.2) is 68.9 Å². The summed E-state index contributed by atoms with van der Waals surface area (Å²) in [6.07, 6.45) is 6.30. The molecule has 150 valence electrons. The molecular weight excluding hydrogens is 358 g/mol. The molecule has 4 rings (SSSR count). The molecule has 9 nitrogen and oxygen atoms in total. The van der Waals surface area contributed by atoms with Gasteiger partial charge in [0.25, 0.3) is 0 Å². The fourth-order valence-electron chi connectivity index (χ4n) is 3.75. The summed E-state index contributed by atoms with van der Waals surface area (Å²) in [6.45, 7) is 4.86. The number of methoxy groups -OCH3 is 1. The average Bonchev–Trinajstić information content (AvgIpc) is 2.95. The molecule has 2 aromatic heterocycles. The Hall–Kier alpha value is -2.68. The Bertz CT molecular complexity index is 797. The Morgan fingerprint density at radius 3 is 2.71 bits per heavy atom. The summed E-state index contributed by atoms with van der Waals surface area (Å²) in [5, 5.41) is 11.7. The van der Waals surface area contributed by atoms with Crippen molar-refractivity contribution in [3.63, 3.8) is 0 Å². The van der Waals surface area contributed by atoms with Crippen molar-refractivity contribution < 1.29 is 9.53 Å². The van der Waals surface area contributed by atoms with Crippen molar-refractivity contribution in [2.45, 2.75) is 38.8 Å². The highest BCUT2D eigenvalue weighted by atomic mass is 16.5. The van der Waals surface area contributed by atoms with Gasteiger partial charge in [-0.05, 0) is 18.9 Å². The van der Waals surface area contributed by atoms with Crippen molar-refractivity contribution in [1.82, 2.24) is 29.5 Å². The monoisotopic (exact) mass is 385 g/mol. The van der Waals surface area contributed by atoms with Crippen LogP contribution in [0.5, 0.6) is 5.88 Å². The van der Waals surface area contributed by atoms with Crippen molar-refractivity contribution in [1.29, 1.82) is 0 Å². The molecule has 2 aliphatic heterocycles. The van der Waals surface area contributed by atoms with Gasteiger partial charge in [0.05, 0.1) is 25.5 Å². The van der Waals surface area contributed by atoms with Crippen molar-refractivity contribution >= 4 is 11.7 Å². The molecule has 9 heteroatoms. The maximum Gasteiger partial charge on any atom is 0.321 e. The summed E-state index contributed by atoms with van der Waals surface area (Å²) in [4.78, 5) is 20.8. The fraction of sp³-hybridized carbons (Fsp3) is 0.579. The zero-order valence-electron chi connectivity index (χ0n) is 16.3. The molecule has 0 radical (unpaired) electrons. The molecular formula is C19H27N7O2. The molecule has 2 aromatic rings. The number of carbonyl (C=O) groups is 1. The maximum atomic E-state index is 12.5. The van der Waals surface area contributed by atoms with Crippen molar-refractivity contribution in [2.24, 2.45) is 0 Å². The summed E-state index contributed by atoms with van der Waals surface area (Å²) in [5.41, 5.74) is 0.666. The number of rotatable bonds is 4. The molecule has 1 saturated heterocycles. The number of hydrogen-bond acceptors (Lipinski definition) is 6. The Kier molecular flexibility index (Phi) is 5.70. The van der Waals surface area contributed by atoms with Crippen molar-refractivity contribution in [3.8, 4) is 5.88 Å². The van der Waals surface area contributed by atoms with E-state index in [0.29, 0.717) is 24.7 Å². The lowest BCUT2D eigenvalue weighted by atomic mass is 10.2. The van der Waals surface area contributed by atoms with Gasteiger partial charge in [0, 0.05) is 45.2 Å². The van der Waals surface area contributed by atoms with E-state index in [4.69, 9.17) is 4.74 Å². The average molecular weight is 385 g/mol. The van der Waals surface area contributed by atoms with Crippen LogP contribution < -0.4 is 10.1 Å². The van der Waals surface area contributed by atoms with E-state index in [1.165, 1.54) is 19.3 Å². The highest BCUT2D eigenvalue weighted by molar-refractivity contribution is 5.89. The van der Waals surface area contributed by atoms with Crippen LogP contribution in [-0.2, 0) is 19.5 Å². The molecule has 0 bridgehead atoms. The summed E-state index contributed by atoms with van der Waals surface area (Å²) in [7, 11) is 1.57. The number of aryl methyl sites for hydroxylation is 1. The van der Waals surface area contributed by atoms with Gasteiger partial charge in [-0.3, -0.25) is 4.90 Å². The lowest BCUT2D eigenvalue weighted by Gasteiger charge is -2.34. The van der Waals surface area contributed by atoms with Crippen LogP contribution in [0.1, 0.15) is 30.9 Å². The summed E-state index contributed by atoms with van der Waals surface area (Å²) < 4.78 is 7.33. The van der Waals surface area contributed by atoms with E-state index in [2.05, 4.69) is 30.0 Å². The quantitative estimate of drug-likeness (QED) is 0.863. The first kappa shape index (κ1) is 18.7. The molecule has 4 heterocycles. The number of piperazine rings is 1. The van der Waals surface area contributed by atoms with E-state index in [9.17, 15) is 4.79 Å². The third-order valence-electron chi connectivity index (χ3n) is 5.41. The summed E-state index contributed by atoms with van der Waals surface area (Å²) in [5.74, 6) is 2.70. The predicted octanol–water partition coefficient (Wildman–Crippen LogP) is 1.76. The number of hydrogen-bond donors (Lipinski definition) is 1. The Labute approximate surface area is 164 Å². The molecule has 1 fully saturated rings. The number of nitrogens with one attached hydrogen (secondary N) is 1. The first-order chi connectivity index (χ1) is 13.7. The number of nitrogens with zero attached hydrogens (tertiary/aromatic N) is 6. The second-order valence-corrected chi connectivity index (χ2v) is 7.28. The van der Waals surface area contributed by atoms with Gasteiger partial charge in [-0.25, -0.2) is 9.78 Å². The molecule has 0 unspecified atom stereocenters. The highest BCUT2D eigenvalue weighted by Crippen LogP contribution is 2.17. The third kappa shape index (κ3) is 4.24. The van der Waals surface area contributed by atoms with Gasteiger partial charge in [0.15, 0.2) is 0 Å². The van der Waals surface area contributed by atoms with Gasteiger partial charge in [-0.2, -0.15) is 0 Å². The van der Waals surface area contributed by atoms with Gasteiger partial charge in [0.2, 0.25) is 5.88 Å². The Morgan fingerprint density at radius 2 is 1.96 bits per heavy atom. The SMILES string of the molecule is COc1ccc(NC(=O)N2CCN(Cc3nnc4n3CCCCC4)CC2)cn1. The van der Waals surface area contributed by atoms with E-state index in [1.807, 2.05) is 4.90 Å². The number of anilines is 1. The summed E-state index contributed by atoms with van der Waals surface area (Å²) >= 11 is 0. The van der Waals surface area contributed by atoms with E-state index >= 15 is 0 Å². The second kappa shape index (κ2) is 8.55. The molecule has 2 aliphatic rings. The number of amides is 2. The van der Waals surface area contributed by atoms with E-state index in [1.54, 1.807) is 25.4 Å². The fourth-order valence-corrected chi connectivity index (χ4v) is 3.75. The van der Waals surface area contributed by atoms with Crippen LogP contribution in [0.2, 0.25) is 0 Å². The van der Waals surface area contributed by atoms with E-state index < -0.39 is 0 Å². The first-order valence-electron chi connectivity index (χ1n) is 9.92. The van der Waals surface area contributed by atoms with Crippen LogP contribution in [0.3, 0.4) is 0 Å². The predicted molar refractivity (Wildman–Crippen MR) is 104 cm³/mol. The number of aromatic nitrogens is 4. The van der Waals surface area contributed by atoms with Gasteiger partial charge in [-0.15, -0.1) is 10.2 Å². The zero-order chi connectivity index (χ0) is 19.3. The van der Waals surface area contributed by atoms with Crippen LogP contribution in [0.15, 0.2) is 18.3 Å². The second-order valence-electron chi connectivity index (χ2n) is 7.28. The van der Waals surface area contributed by atoms with Gasteiger partial charge in [-0.1, -0.05) is 6.42 Å². The standard InChI is InChI=1S/C19H27N7O2/c1-28-18-7-6-15(13-20-18)21-19(27)25-11-9-24(10-12-25)14-17-23-22-16-5-3-2-4-8-26(16)17/h6-7,13H,2-5,8-12,14H2,1H3,(H,21,27). The molecule has 2 amide bonds. The van der Waals surface area contributed by atoms with Crippen LogP contribution in [0, 0.1) is 0 Å². The number of pyridine rings is 1. The maximum absolute atomic E-state index is 12.5. The first-order valence-corrected chi connectivity index (χ1v) is 9.92. The number of carbonyl (C=O) groups excluding carboxylic acids is 1. The molecule has 0 spiro atoms. The van der Waals surface area contributed by atoms with Crippen molar-refractivity contribution in [3.05, 3.63) is 30.0 Å². The van der Waals surface area contributed by atoms with Gasteiger partial charge < -0.3 is 19.5 Å². The lowest BCUT2D eigenvalue weighted by Crippen LogP contribution is -2.49. The molecule has 0 saturated carbocycles. The lowest BCUT2D eigenvalue weighted by molar-refractivity contribution is 0.140.